The van der Waals surface area contributed by atoms with Gasteiger partial charge in [-0.3, -0.25) is 0 Å². The van der Waals surface area contributed by atoms with E-state index in [9.17, 15) is 9.59 Å². The Bertz CT molecular complexity index is 287. The van der Waals surface area contributed by atoms with Gasteiger partial charge in [-0.1, -0.05) is 0 Å². The Morgan fingerprint density at radius 3 is 2.17 bits per heavy atom. The average Bonchev–Trinajstić information content (AvgIpc) is 2.04. The summed E-state index contributed by atoms with van der Waals surface area (Å²) in [6.07, 6.45) is 0.832. The molecule has 0 unspecified atom stereocenters. The zero-order valence-electron chi connectivity index (χ0n) is 5.63. The summed E-state index contributed by atoms with van der Waals surface area (Å²) in [5.41, 5.74) is -0.389. The van der Waals surface area contributed by atoms with Crippen molar-refractivity contribution in [3.05, 3.63) is 17.7 Å². The minimum absolute atomic E-state index is 0.389. The molecule has 0 radical (unpaired) electrons. The predicted molar refractivity (Wildman–Crippen MR) is 33.7 cm³/mol. The predicted octanol–water partition coefficient (Wildman–Crippen LogP) is -0.732. The first-order chi connectivity index (χ1) is 5.61. The highest BCUT2D eigenvalue weighted by atomic mass is 16.4. The van der Waals surface area contributed by atoms with E-state index in [0.717, 1.165) is 6.20 Å². The summed E-state index contributed by atoms with van der Waals surface area (Å²) in [7, 11) is 0. The standard InChI is InChI=1S/C5H3N3O4/c9-4(10)2-1-6-3(5(11)12)8-7-2/h1H,(H,9,10)(H,11,12). The second kappa shape index (κ2) is 2.91. The van der Waals surface area contributed by atoms with E-state index < -0.39 is 17.8 Å². The van der Waals surface area contributed by atoms with E-state index in [0.29, 0.717) is 0 Å². The normalized spacial score (nSPS) is 9.33. The third kappa shape index (κ3) is 1.51. The SMILES string of the molecule is O=C(O)c1cnc(C(=O)O)nn1. The van der Waals surface area contributed by atoms with Crippen molar-refractivity contribution in [1.82, 2.24) is 15.2 Å². The third-order valence-corrected chi connectivity index (χ3v) is 0.972. The molecular weight excluding hydrogens is 166 g/mol. The molecule has 2 N–H and O–H groups in total. The maximum Gasteiger partial charge on any atom is 0.375 e. The second-order valence-corrected chi connectivity index (χ2v) is 1.78. The molecule has 12 heavy (non-hydrogen) atoms. The van der Waals surface area contributed by atoms with Crippen LogP contribution >= 0.6 is 0 Å². The van der Waals surface area contributed by atoms with E-state index in [1.165, 1.54) is 0 Å². The van der Waals surface area contributed by atoms with Gasteiger partial charge in [-0.25, -0.2) is 14.6 Å². The third-order valence-electron chi connectivity index (χ3n) is 0.972. The number of aromatic nitrogens is 3. The van der Waals surface area contributed by atoms with E-state index in [-0.39, 0.29) is 5.69 Å². The van der Waals surface area contributed by atoms with Crippen molar-refractivity contribution in [2.24, 2.45) is 0 Å². The van der Waals surface area contributed by atoms with Crippen molar-refractivity contribution >= 4 is 11.9 Å². The molecule has 1 heterocycles. The molecule has 0 atom stereocenters. The van der Waals surface area contributed by atoms with E-state index >= 15 is 0 Å². The van der Waals surface area contributed by atoms with Gasteiger partial charge in [-0.15, -0.1) is 10.2 Å². The molecule has 0 bridgehead atoms. The maximum absolute atomic E-state index is 10.2. The maximum atomic E-state index is 10.2. The Kier molecular flexibility index (Phi) is 1.95. The fourth-order valence-corrected chi connectivity index (χ4v) is 0.471. The van der Waals surface area contributed by atoms with Gasteiger partial charge in [0.15, 0.2) is 5.69 Å². The summed E-state index contributed by atoms with van der Waals surface area (Å²) >= 11 is 0. The molecule has 0 amide bonds. The van der Waals surface area contributed by atoms with Gasteiger partial charge in [0.25, 0.3) is 5.82 Å². The van der Waals surface area contributed by atoms with Gasteiger partial charge in [0.1, 0.15) is 0 Å². The molecule has 62 valence electrons. The van der Waals surface area contributed by atoms with Crippen LogP contribution in [0.1, 0.15) is 21.1 Å². The number of rotatable bonds is 2. The molecular formula is C5H3N3O4. The molecule has 0 saturated heterocycles. The number of carboxylic acids is 2. The van der Waals surface area contributed by atoms with Crippen molar-refractivity contribution in [2.75, 3.05) is 0 Å². The molecule has 1 rings (SSSR count). The Balaban J connectivity index is 3.01. The van der Waals surface area contributed by atoms with E-state index in [4.69, 9.17) is 10.2 Å². The van der Waals surface area contributed by atoms with Crippen LogP contribution in [0, 0.1) is 0 Å². The van der Waals surface area contributed by atoms with Crippen LogP contribution in [0.15, 0.2) is 6.20 Å². The topological polar surface area (TPSA) is 113 Å². The molecule has 0 aliphatic carbocycles. The average molecular weight is 169 g/mol. The van der Waals surface area contributed by atoms with Crippen LogP contribution in [0.4, 0.5) is 0 Å². The number of carboxylic acid groups (broad SMARTS) is 2. The van der Waals surface area contributed by atoms with Crippen LogP contribution in [-0.2, 0) is 0 Å². The first kappa shape index (κ1) is 8.05. The number of nitrogens with zero attached hydrogens (tertiary/aromatic N) is 3. The quantitative estimate of drug-likeness (QED) is 0.599. The lowest BCUT2D eigenvalue weighted by Gasteiger charge is -1.91. The molecule has 0 aromatic carbocycles. The highest BCUT2D eigenvalue weighted by Gasteiger charge is 2.10. The first-order valence-electron chi connectivity index (χ1n) is 2.77. The summed E-state index contributed by atoms with van der Waals surface area (Å²) in [4.78, 5) is 23.6. The van der Waals surface area contributed by atoms with Crippen LogP contribution in [0.2, 0.25) is 0 Å². The van der Waals surface area contributed by atoms with Crippen molar-refractivity contribution in [2.45, 2.75) is 0 Å². The number of carbonyl (C=O) groups is 2. The van der Waals surface area contributed by atoms with Gasteiger partial charge >= 0.3 is 11.9 Å². The van der Waals surface area contributed by atoms with Gasteiger partial charge in [0.05, 0.1) is 6.20 Å². The molecule has 0 fully saturated rings. The van der Waals surface area contributed by atoms with E-state index in [1.54, 1.807) is 0 Å². The van der Waals surface area contributed by atoms with Crippen molar-refractivity contribution in [3.8, 4) is 0 Å². The summed E-state index contributed by atoms with van der Waals surface area (Å²) in [5.74, 6) is -3.17. The van der Waals surface area contributed by atoms with Crippen LogP contribution in [0.25, 0.3) is 0 Å². The lowest BCUT2D eigenvalue weighted by Crippen LogP contribution is -2.09. The number of hydrogen-bond acceptors (Lipinski definition) is 5. The van der Waals surface area contributed by atoms with Gasteiger partial charge in [0.2, 0.25) is 0 Å². The minimum atomic E-state index is -1.35. The molecule has 1 aromatic rings. The minimum Gasteiger partial charge on any atom is -0.476 e. The Morgan fingerprint density at radius 1 is 1.17 bits per heavy atom. The van der Waals surface area contributed by atoms with Crippen LogP contribution in [0.5, 0.6) is 0 Å². The molecule has 1 aromatic heterocycles. The zero-order valence-corrected chi connectivity index (χ0v) is 5.63. The smallest absolute Gasteiger partial charge is 0.375 e. The monoisotopic (exact) mass is 169 g/mol. The Hall–Kier alpha value is -2.05. The van der Waals surface area contributed by atoms with E-state index in [1.807, 2.05) is 0 Å². The van der Waals surface area contributed by atoms with Crippen LogP contribution in [-0.4, -0.2) is 37.3 Å². The van der Waals surface area contributed by atoms with Crippen molar-refractivity contribution < 1.29 is 19.8 Å². The summed E-state index contributed by atoms with van der Waals surface area (Å²) in [6, 6.07) is 0. The van der Waals surface area contributed by atoms with Crippen molar-refractivity contribution in [3.63, 3.8) is 0 Å². The number of aromatic carboxylic acids is 2. The Labute approximate surface area is 65.7 Å². The first-order valence-corrected chi connectivity index (χ1v) is 2.77. The van der Waals surface area contributed by atoms with Gasteiger partial charge in [-0.05, 0) is 0 Å². The molecule has 0 aliphatic rings. The van der Waals surface area contributed by atoms with E-state index in [2.05, 4.69) is 15.2 Å². The fourth-order valence-electron chi connectivity index (χ4n) is 0.471. The lowest BCUT2D eigenvalue weighted by atomic mass is 10.5. The second-order valence-electron chi connectivity index (χ2n) is 1.78. The van der Waals surface area contributed by atoms with Crippen LogP contribution < -0.4 is 0 Å². The molecule has 0 saturated carbocycles. The van der Waals surface area contributed by atoms with Crippen LogP contribution in [0.3, 0.4) is 0 Å². The molecule has 0 spiro atoms. The highest BCUT2D eigenvalue weighted by Crippen LogP contribution is 1.90. The van der Waals surface area contributed by atoms with Gasteiger partial charge < -0.3 is 10.2 Å². The number of hydrogen-bond donors (Lipinski definition) is 2. The van der Waals surface area contributed by atoms with Gasteiger partial charge in [-0.2, -0.15) is 0 Å². The fraction of sp³-hybridized carbons (Fsp3) is 0. The largest absolute Gasteiger partial charge is 0.476 e. The van der Waals surface area contributed by atoms with Crippen molar-refractivity contribution in [1.29, 1.82) is 0 Å². The lowest BCUT2D eigenvalue weighted by molar-refractivity contribution is 0.0662. The van der Waals surface area contributed by atoms with Gasteiger partial charge in [0, 0.05) is 0 Å². The Morgan fingerprint density at radius 2 is 1.83 bits per heavy atom. The highest BCUT2D eigenvalue weighted by molar-refractivity contribution is 5.86. The zero-order chi connectivity index (χ0) is 9.14. The summed E-state index contributed by atoms with van der Waals surface area (Å²) < 4.78 is 0. The summed E-state index contributed by atoms with van der Waals surface area (Å²) in [5, 5.41) is 22.8. The molecule has 7 heteroatoms. The molecule has 7 nitrogen and oxygen atoms in total. The summed E-state index contributed by atoms with van der Waals surface area (Å²) in [6.45, 7) is 0. The molecule has 0 aliphatic heterocycles.